The molecule has 0 aliphatic carbocycles. The molecular weight excluding hydrogens is 318 g/mol. The Morgan fingerprint density at radius 2 is 1.50 bits per heavy atom. The molecule has 0 fully saturated rings. The predicted molar refractivity (Wildman–Crippen MR) is 93.5 cm³/mol. The Morgan fingerprint density at radius 3 is 2.18 bits per heavy atom. The molecule has 1 heterocycles. The van der Waals surface area contributed by atoms with Crippen LogP contribution in [0.15, 0.2) is 59.6 Å². The fourth-order valence-corrected chi connectivity index (χ4v) is 2.79. The van der Waals surface area contributed by atoms with Crippen molar-refractivity contribution in [1.82, 2.24) is 10.2 Å². The predicted octanol–water partition coefficient (Wildman–Crippen LogP) is 3.20. The van der Waals surface area contributed by atoms with Crippen LogP contribution in [-0.2, 0) is 0 Å². The van der Waals surface area contributed by atoms with Crippen LogP contribution in [0.1, 0.15) is 0 Å². The number of halogens is 1. The van der Waals surface area contributed by atoms with E-state index in [2.05, 4.69) is 33.4 Å². The first-order chi connectivity index (χ1) is 10.2. The topological polar surface area (TPSA) is 90.2 Å². The van der Waals surface area contributed by atoms with Crippen LogP contribution in [0.4, 0.5) is 5.13 Å². The normalized spacial score (nSPS) is 9.82. The second-order valence-corrected chi connectivity index (χ2v) is 5.29. The summed E-state index contributed by atoms with van der Waals surface area (Å²) in [7, 11) is 0. The zero-order valence-electron chi connectivity index (χ0n) is 11.5. The number of rotatable bonds is 3. The van der Waals surface area contributed by atoms with Gasteiger partial charge in [0.25, 0.3) is 0 Å². The molecule has 1 aromatic heterocycles. The van der Waals surface area contributed by atoms with E-state index >= 15 is 0 Å². The van der Waals surface area contributed by atoms with Gasteiger partial charge < -0.3 is 11.5 Å². The van der Waals surface area contributed by atoms with Gasteiger partial charge in [0, 0.05) is 5.56 Å². The Hall–Kier alpha value is -2.44. The van der Waals surface area contributed by atoms with Crippen LogP contribution >= 0.6 is 23.7 Å². The third kappa shape index (κ3) is 3.41. The standard InChI is InChI=1S/C15H13N5S.ClH/c16-14(17)18-15-20-19-13(21-15)12-9-5-4-8-11(12)10-6-2-1-3-7-10;/h1-9H,(H4,16,17,18,20);1H. The Balaban J connectivity index is 0.00000176. The minimum atomic E-state index is -0.0194. The summed E-state index contributed by atoms with van der Waals surface area (Å²) in [6.45, 7) is 0. The molecule has 0 saturated carbocycles. The summed E-state index contributed by atoms with van der Waals surface area (Å²) in [6.07, 6.45) is 0. The van der Waals surface area contributed by atoms with Gasteiger partial charge in [-0.25, -0.2) is 0 Å². The van der Waals surface area contributed by atoms with Crippen molar-refractivity contribution in [3.05, 3.63) is 54.6 Å². The van der Waals surface area contributed by atoms with E-state index < -0.39 is 0 Å². The number of guanidine groups is 1. The van der Waals surface area contributed by atoms with E-state index in [9.17, 15) is 0 Å². The Bertz CT molecular complexity index is 781. The Morgan fingerprint density at radius 1 is 0.864 bits per heavy atom. The lowest BCUT2D eigenvalue weighted by molar-refractivity contribution is 1.08. The first kappa shape index (κ1) is 15.9. The summed E-state index contributed by atoms with van der Waals surface area (Å²) in [5, 5.41) is 9.40. The van der Waals surface area contributed by atoms with E-state index in [-0.39, 0.29) is 18.4 Å². The molecule has 0 aliphatic rings. The highest BCUT2D eigenvalue weighted by atomic mass is 35.5. The fourth-order valence-electron chi connectivity index (χ4n) is 2.02. The first-order valence-electron chi connectivity index (χ1n) is 6.32. The molecule has 0 spiro atoms. The smallest absolute Gasteiger partial charge is 0.235 e. The zero-order chi connectivity index (χ0) is 14.7. The van der Waals surface area contributed by atoms with Gasteiger partial charge in [0.1, 0.15) is 5.01 Å². The number of benzene rings is 2. The van der Waals surface area contributed by atoms with Crippen LogP contribution in [-0.4, -0.2) is 16.2 Å². The average molecular weight is 332 g/mol. The summed E-state index contributed by atoms with van der Waals surface area (Å²) < 4.78 is 0. The monoisotopic (exact) mass is 331 g/mol. The van der Waals surface area contributed by atoms with Crippen molar-refractivity contribution in [2.75, 3.05) is 0 Å². The number of nitrogens with zero attached hydrogens (tertiary/aromatic N) is 3. The quantitative estimate of drug-likeness (QED) is 0.569. The molecule has 0 amide bonds. The highest BCUT2D eigenvalue weighted by Gasteiger charge is 2.11. The van der Waals surface area contributed by atoms with Crippen LogP contribution in [0.5, 0.6) is 0 Å². The molecule has 0 bridgehead atoms. The maximum absolute atomic E-state index is 5.36. The van der Waals surface area contributed by atoms with Gasteiger partial charge >= 0.3 is 0 Å². The minimum Gasteiger partial charge on any atom is -0.370 e. The van der Waals surface area contributed by atoms with E-state index in [1.165, 1.54) is 11.3 Å². The lowest BCUT2D eigenvalue weighted by Crippen LogP contribution is -2.21. The van der Waals surface area contributed by atoms with Crippen molar-refractivity contribution in [1.29, 1.82) is 0 Å². The van der Waals surface area contributed by atoms with Crippen LogP contribution < -0.4 is 11.5 Å². The summed E-state index contributed by atoms with van der Waals surface area (Å²) in [4.78, 5) is 3.93. The van der Waals surface area contributed by atoms with Gasteiger partial charge in [0.15, 0.2) is 5.96 Å². The average Bonchev–Trinajstić information content (AvgIpc) is 2.96. The van der Waals surface area contributed by atoms with Crippen LogP contribution in [0.2, 0.25) is 0 Å². The second-order valence-electron chi connectivity index (χ2n) is 4.34. The third-order valence-electron chi connectivity index (χ3n) is 2.88. The van der Waals surface area contributed by atoms with Crippen molar-refractivity contribution in [2.24, 2.45) is 16.5 Å². The molecule has 2 aromatic carbocycles. The summed E-state index contributed by atoms with van der Waals surface area (Å²) in [5.41, 5.74) is 14.0. The summed E-state index contributed by atoms with van der Waals surface area (Å²) in [6, 6.07) is 18.2. The van der Waals surface area contributed by atoms with Gasteiger partial charge in [-0.2, -0.15) is 4.99 Å². The molecule has 22 heavy (non-hydrogen) atoms. The molecule has 0 aliphatic heterocycles. The van der Waals surface area contributed by atoms with Gasteiger partial charge in [0.05, 0.1) is 0 Å². The van der Waals surface area contributed by atoms with Crippen LogP contribution in [0.3, 0.4) is 0 Å². The molecule has 0 radical (unpaired) electrons. The lowest BCUT2D eigenvalue weighted by Gasteiger charge is -2.06. The molecule has 7 heteroatoms. The molecule has 0 saturated heterocycles. The largest absolute Gasteiger partial charge is 0.370 e. The van der Waals surface area contributed by atoms with Crippen molar-refractivity contribution in [3.8, 4) is 21.7 Å². The van der Waals surface area contributed by atoms with Gasteiger partial charge in [-0.15, -0.1) is 22.6 Å². The minimum absolute atomic E-state index is 0. The Labute approximate surface area is 138 Å². The number of hydrogen-bond donors (Lipinski definition) is 2. The fraction of sp³-hybridized carbons (Fsp3) is 0. The third-order valence-corrected chi connectivity index (χ3v) is 3.73. The van der Waals surface area contributed by atoms with Crippen molar-refractivity contribution in [2.45, 2.75) is 0 Å². The van der Waals surface area contributed by atoms with Gasteiger partial charge in [-0.1, -0.05) is 65.9 Å². The molecule has 0 atom stereocenters. The van der Waals surface area contributed by atoms with E-state index in [0.717, 1.165) is 21.7 Å². The number of hydrogen-bond acceptors (Lipinski definition) is 4. The Kier molecular flexibility index (Phi) is 5.08. The molecule has 3 aromatic rings. The van der Waals surface area contributed by atoms with E-state index in [1.54, 1.807) is 0 Å². The van der Waals surface area contributed by atoms with Gasteiger partial charge in [-0.3, -0.25) is 0 Å². The summed E-state index contributed by atoms with van der Waals surface area (Å²) >= 11 is 1.35. The number of nitrogens with two attached hydrogens (primary N) is 2. The highest BCUT2D eigenvalue weighted by molar-refractivity contribution is 7.18. The van der Waals surface area contributed by atoms with Gasteiger partial charge in [-0.05, 0) is 11.1 Å². The zero-order valence-corrected chi connectivity index (χ0v) is 13.1. The summed E-state index contributed by atoms with van der Waals surface area (Å²) in [5.74, 6) is -0.0194. The van der Waals surface area contributed by atoms with Crippen LogP contribution in [0, 0.1) is 0 Å². The van der Waals surface area contributed by atoms with Crippen LogP contribution in [0.25, 0.3) is 21.7 Å². The van der Waals surface area contributed by atoms with Crippen molar-refractivity contribution >= 4 is 34.8 Å². The van der Waals surface area contributed by atoms with E-state index in [0.29, 0.717) is 5.13 Å². The van der Waals surface area contributed by atoms with E-state index in [4.69, 9.17) is 11.5 Å². The molecule has 5 nitrogen and oxygen atoms in total. The molecule has 4 N–H and O–H groups in total. The first-order valence-corrected chi connectivity index (χ1v) is 7.13. The molecular formula is C15H14ClN5S. The van der Waals surface area contributed by atoms with E-state index in [1.807, 2.05) is 36.4 Å². The second kappa shape index (κ2) is 7.02. The maximum Gasteiger partial charge on any atom is 0.235 e. The number of aromatic nitrogens is 2. The highest BCUT2D eigenvalue weighted by Crippen LogP contribution is 2.35. The molecule has 3 rings (SSSR count). The van der Waals surface area contributed by atoms with Crippen molar-refractivity contribution in [3.63, 3.8) is 0 Å². The van der Waals surface area contributed by atoms with Gasteiger partial charge in [0.2, 0.25) is 5.13 Å². The SMILES string of the molecule is Cl.NC(N)=Nc1nnc(-c2ccccc2-c2ccccc2)s1. The molecule has 0 unspecified atom stereocenters. The maximum atomic E-state index is 5.36. The lowest BCUT2D eigenvalue weighted by atomic mass is 10.0. The molecule has 112 valence electrons. The van der Waals surface area contributed by atoms with Crippen molar-refractivity contribution < 1.29 is 0 Å². The number of aliphatic imine (C=N–C) groups is 1.